The molecule has 1 fully saturated rings. The van der Waals surface area contributed by atoms with Crippen LogP contribution in [0, 0.1) is 0 Å². The first-order valence-corrected chi connectivity index (χ1v) is 9.70. The SMILES string of the molecule is CC(N)CC(=O)N1CCN(C(=O)c2cccc(S(C)(=O)=O)c2)CC1. The number of hydrogen-bond acceptors (Lipinski definition) is 5. The highest BCUT2D eigenvalue weighted by atomic mass is 32.2. The van der Waals surface area contributed by atoms with Crippen molar-refractivity contribution in [1.29, 1.82) is 0 Å². The summed E-state index contributed by atoms with van der Waals surface area (Å²) in [7, 11) is -3.36. The third-order valence-electron chi connectivity index (χ3n) is 3.93. The van der Waals surface area contributed by atoms with E-state index in [1.54, 1.807) is 28.9 Å². The zero-order chi connectivity index (χ0) is 17.9. The summed E-state index contributed by atoms with van der Waals surface area (Å²) in [4.78, 5) is 28.0. The van der Waals surface area contributed by atoms with Crippen molar-refractivity contribution in [2.45, 2.75) is 24.3 Å². The molecule has 0 aromatic heterocycles. The van der Waals surface area contributed by atoms with Crippen molar-refractivity contribution in [3.8, 4) is 0 Å². The molecule has 1 aliphatic heterocycles. The first-order chi connectivity index (χ1) is 11.2. The minimum absolute atomic E-state index is 0.00354. The molecule has 1 aromatic rings. The van der Waals surface area contributed by atoms with Crippen LogP contribution in [-0.4, -0.2) is 68.5 Å². The van der Waals surface area contributed by atoms with E-state index in [4.69, 9.17) is 5.73 Å². The highest BCUT2D eigenvalue weighted by Gasteiger charge is 2.25. The molecule has 132 valence electrons. The molecule has 1 heterocycles. The monoisotopic (exact) mass is 353 g/mol. The van der Waals surface area contributed by atoms with Gasteiger partial charge in [-0.05, 0) is 25.1 Å². The van der Waals surface area contributed by atoms with Gasteiger partial charge in [0.25, 0.3) is 5.91 Å². The molecular formula is C16H23N3O4S. The van der Waals surface area contributed by atoms with Gasteiger partial charge in [-0.2, -0.15) is 0 Å². The largest absolute Gasteiger partial charge is 0.339 e. The Hall–Kier alpha value is -1.93. The maximum absolute atomic E-state index is 12.5. The molecule has 1 aromatic carbocycles. The minimum atomic E-state index is -3.36. The molecule has 7 nitrogen and oxygen atoms in total. The molecule has 24 heavy (non-hydrogen) atoms. The summed E-state index contributed by atoms with van der Waals surface area (Å²) in [5.41, 5.74) is 5.98. The Morgan fingerprint density at radius 3 is 2.29 bits per heavy atom. The number of nitrogens with two attached hydrogens (primary N) is 1. The maximum atomic E-state index is 12.5. The van der Waals surface area contributed by atoms with E-state index in [-0.39, 0.29) is 22.8 Å². The van der Waals surface area contributed by atoms with E-state index < -0.39 is 9.84 Å². The zero-order valence-electron chi connectivity index (χ0n) is 13.9. The van der Waals surface area contributed by atoms with Gasteiger partial charge in [0.1, 0.15) is 0 Å². The van der Waals surface area contributed by atoms with Crippen LogP contribution in [0.1, 0.15) is 23.7 Å². The molecule has 2 rings (SSSR count). The van der Waals surface area contributed by atoms with Gasteiger partial charge in [-0.1, -0.05) is 6.07 Å². The number of hydrogen-bond donors (Lipinski definition) is 1. The highest BCUT2D eigenvalue weighted by molar-refractivity contribution is 7.90. The van der Waals surface area contributed by atoms with Crippen LogP contribution in [0.25, 0.3) is 0 Å². The molecule has 0 spiro atoms. The number of sulfone groups is 1. The second kappa shape index (κ2) is 7.31. The standard InChI is InChI=1S/C16H23N3O4S/c1-12(17)10-15(20)18-6-8-19(9-7-18)16(21)13-4-3-5-14(11-13)24(2,22)23/h3-5,11-12H,6-10,17H2,1-2H3. The van der Waals surface area contributed by atoms with Gasteiger partial charge in [-0.3, -0.25) is 9.59 Å². The van der Waals surface area contributed by atoms with Gasteiger partial charge in [0.05, 0.1) is 4.90 Å². The third kappa shape index (κ3) is 4.55. The maximum Gasteiger partial charge on any atom is 0.254 e. The molecule has 2 N–H and O–H groups in total. The molecule has 1 saturated heterocycles. The third-order valence-corrected chi connectivity index (χ3v) is 5.04. The number of carbonyl (C=O) groups excluding carboxylic acids is 2. The molecule has 0 aliphatic carbocycles. The van der Waals surface area contributed by atoms with Gasteiger partial charge in [0, 0.05) is 50.5 Å². The normalized spacial score (nSPS) is 16.8. The Morgan fingerprint density at radius 2 is 1.75 bits per heavy atom. The van der Waals surface area contributed by atoms with Crippen LogP contribution in [-0.2, 0) is 14.6 Å². The molecule has 0 radical (unpaired) electrons. The number of rotatable bonds is 4. The van der Waals surface area contributed by atoms with Crippen molar-refractivity contribution in [1.82, 2.24) is 9.80 Å². The van der Waals surface area contributed by atoms with Crippen molar-refractivity contribution in [2.24, 2.45) is 5.73 Å². The van der Waals surface area contributed by atoms with Gasteiger partial charge >= 0.3 is 0 Å². The van der Waals surface area contributed by atoms with Crippen LogP contribution in [0.2, 0.25) is 0 Å². The first-order valence-electron chi connectivity index (χ1n) is 7.81. The smallest absolute Gasteiger partial charge is 0.254 e. The van der Waals surface area contributed by atoms with Crippen LogP contribution >= 0.6 is 0 Å². The van der Waals surface area contributed by atoms with E-state index in [0.717, 1.165) is 6.26 Å². The Labute approximate surface area is 142 Å². The van der Waals surface area contributed by atoms with E-state index in [2.05, 4.69) is 0 Å². The molecule has 0 saturated carbocycles. The Kier molecular flexibility index (Phi) is 5.61. The number of nitrogens with zero attached hydrogens (tertiary/aromatic N) is 2. The van der Waals surface area contributed by atoms with E-state index >= 15 is 0 Å². The topological polar surface area (TPSA) is 101 Å². The zero-order valence-corrected chi connectivity index (χ0v) is 14.8. The highest BCUT2D eigenvalue weighted by Crippen LogP contribution is 2.15. The van der Waals surface area contributed by atoms with Crippen LogP contribution in [0.4, 0.5) is 0 Å². The van der Waals surface area contributed by atoms with Gasteiger partial charge in [-0.15, -0.1) is 0 Å². The van der Waals surface area contributed by atoms with Gasteiger partial charge in [0.2, 0.25) is 5.91 Å². The fourth-order valence-electron chi connectivity index (χ4n) is 2.61. The lowest BCUT2D eigenvalue weighted by Crippen LogP contribution is -2.51. The molecular weight excluding hydrogens is 330 g/mol. The Balaban J connectivity index is 2.02. The van der Waals surface area contributed by atoms with Crippen molar-refractivity contribution in [2.75, 3.05) is 32.4 Å². The molecule has 1 atom stereocenters. The van der Waals surface area contributed by atoms with Crippen LogP contribution in [0.3, 0.4) is 0 Å². The van der Waals surface area contributed by atoms with Gasteiger partial charge in [0.15, 0.2) is 9.84 Å². The van der Waals surface area contributed by atoms with E-state index in [0.29, 0.717) is 38.2 Å². The average molecular weight is 353 g/mol. The van der Waals surface area contributed by atoms with Gasteiger partial charge in [-0.25, -0.2) is 8.42 Å². The first kappa shape index (κ1) is 18.4. The quantitative estimate of drug-likeness (QED) is 0.828. The summed E-state index contributed by atoms with van der Waals surface area (Å²) in [5.74, 6) is -0.226. The summed E-state index contributed by atoms with van der Waals surface area (Å²) in [6, 6.07) is 5.84. The second-order valence-electron chi connectivity index (χ2n) is 6.15. The van der Waals surface area contributed by atoms with E-state index in [1.165, 1.54) is 12.1 Å². The number of carbonyl (C=O) groups is 2. The Morgan fingerprint density at radius 1 is 1.17 bits per heavy atom. The lowest BCUT2D eigenvalue weighted by Gasteiger charge is -2.35. The lowest BCUT2D eigenvalue weighted by molar-refractivity contribution is -0.132. The van der Waals surface area contributed by atoms with Crippen LogP contribution < -0.4 is 5.73 Å². The lowest BCUT2D eigenvalue weighted by atomic mass is 10.1. The van der Waals surface area contributed by atoms with E-state index in [9.17, 15) is 18.0 Å². The summed E-state index contributed by atoms with van der Waals surface area (Å²) in [5, 5.41) is 0. The predicted octanol–water partition coefficient (Wildman–Crippen LogP) is 0.112. The molecule has 1 aliphatic rings. The number of amides is 2. The fourth-order valence-corrected chi connectivity index (χ4v) is 3.27. The van der Waals surface area contributed by atoms with Crippen molar-refractivity contribution >= 4 is 21.7 Å². The summed E-state index contributed by atoms with van der Waals surface area (Å²) >= 11 is 0. The predicted molar refractivity (Wildman–Crippen MR) is 90.3 cm³/mol. The number of benzene rings is 1. The van der Waals surface area contributed by atoms with Crippen molar-refractivity contribution < 1.29 is 18.0 Å². The van der Waals surface area contributed by atoms with Crippen LogP contribution in [0.5, 0.6) is 0 Å². The second-order valence-corrected chi connectivity index (χ2v) is 8.17. The van der Waals surface area contributed by atoms with Crippen molar-refractivity contribution in [3.05, 3.63) is 29.8 Å². The van der Waals surface area contributed by atoms with Crippen molar-refractivity contribution in [3.63, 3.8) is 0 Å². The Bertz CT molecular complexity index is 723. The molecule has 1 unspecified atom stereocenters. The van der Waals surface area contributed by atoms with Gasteiger partial charge < -0.3 is 15.5 Å². The average Bonchev–Trinajstić information content (AvgIpc) is 2.53. The number of piperazine rings is 1. The van der Waals surface area contributed by atoms with Crippen LogP contribution in [0.15, 0.2) is 29.2 Å². The molecule has 0 bridgehead atoms. The van der Waals surface area contributed by atoms with E-state index in [1.807, 2.05) is 0 Å². The molecule has 8 heteroatoms. The summed E-state index contributed by atoms with van der Waals surface area (Å²) in [6.07, 6.45) is 1.41. The molecule has 2 amide bonds. The fraction of sp³-hybridized carbons (Fsp3) is 0.500. The summed E-state index contributed by atoms with van der Waals surface area (Å²) < 4.78 is 23.2. The summed E-state index contributed by atoms with van der Waals surface area (Å²) in [6.45, 7) is 3.55. The minimum Gasteiger partial charge on any atom is -0.339 e.